The second kappa shape index (κ2) is 10.8. The van der Waals surface area contributed by atoms with Gasteiger partial charge in [0.15, 0.2) is 0 Å². The average Bonchev–Trinajstić information content (AvgIpc) is 3.39. The third-order valence-corrected chi connectivity index (χ3v) is 6.00. The third-order valence-electron chi connectivity index (χ3n) is 6.00. The van der Waals surface area contributed by atoms with Gasteiger partial charge in [0.1, 0.15) is 35.6 Å². The van der Waals surface area contributed by atoms with Gasteiger partial charge in [-0.3, -0.25) is 9.88 Å². The molecule has 2 atom stereocenters. The lowest BCUT2D eigenvalue weighted by atomic mass is 9.85. The molecule has 2 heterocycles. The van der Waals surface area contributed by atoms with Crippen LogP contribution in [-0.2, 0) is 18.7 Å². The largest absolute Gasteiger partial charge is 0.573 e. The van der Waals surface area contributed by atoms with Gasteiger partial charge in [0.05, 0.1) is 12.2 Å². The highest BCUT2D eigenvalue weighted by atomic mass is 19.4. The minimum atomic E-state index is -4.82. The van der Waals surface area contributed by atoms with Gasteiger partial charge in [-0.05, 0) is 43.7 Å². The molecule has 0 amide bonds. The Labute approximate surface area is 219 Å². The quantitative estimate of drug-likeness (QED) is 0.306. The van der Waals surface area contributed by atoms with Gasteiger partial charge < -0.3 is 9.84 Å². The molecule has 0 spiro atoms. The van der Waals surface area contributed by atoms with Crippen molar-refractivity contribution in [3.05, 3.63) is 96.3 Å². The van der Waals surface area contributed by atoms with Crippen LogP contribution in [0.15, 0.2) is 73.4 Å². The van der Waals surface area contributed by atoms with Crippen molar-refractivity contribution in [3.8, 4) is 16.9 Å². The Morgan fingerprint density at radius 1 is 1.08 bits per heavy atom. The molecule has 0 bridgehead atoms. The van der Waals surface area contributed by atoms with Gasteiger partial charge in [-0.15, -0.1) is 13.2 Å². The highest BCUT2D eigenvalue weighted by Gasteiger charge is 2.41. The second-order valence-corrected chi connectivity index (χ2v) is 8.56. The summed E-state index contributed by atoms with van der Waals surface area (Å²) in [6.07, 6.45) is -0.949. The highest BCUT2D eigenvalue weighted by molar-refractivity contribution is 5.63. The molecule has 4 aromatic rings. The van der Waals surface area contributed by atoms with E-state index in [2.05, 4.69) is 19.8 Å². The van der Waals surface area contributed by atoms with Gasteiger partial charge in [0, 0.05) is 40.1 Å². The van der Waals surface area contributed by atoms with E-state index >= 15 is 0 Å². The van der Waals surface area contributed by atoms with E-state index in [1.54, 1.807) is 6.07 Å². The van der Waals surface area contributed by atoms with Gasteiger partial charge in [0.2, 0.25) is 0 Å². The summed E-state index contributed by atoms with van der Waals surface area (Å²) in [6, 6.07) is 9.57. The van der Waals surface area contributed by atoms with Crippen LogP contribution in [0.2, 0.25) is 0 Å². The second-order valence-electron chi connectivity index (χ2n) is 8.56. The van der Waals surface area contributed by atoms with Crippen LogP contribution in [0.1, 0.15) is 22.3 Å². The molecule has 12 heteroatoms. The summed E-state index contributed by atoms with van der Waals surface area (Å²) in [6.45, 7) is -2.10. The number of likely N-dealkylation sites (N-methyl/N-ethyl adjacent to an activating group) is 1. The first kappa shape index (κ1) is 23.2. The molecule has 2 aromatic carbocycles. The fraction of sp³-hybridized carbons (Fsp3) is 0.269. The Bertz CT molecular complexity index is 1450. The molecular weight excluding hydrogens is 509 g/mol. The van der Waals surface area contributed by atoms with E-state index in [4.69, 9.17) is 4.11 Å². The fourth-order valence-corrected chi connectivity index (χ4v) is 3.95. The summed E-state index contributed by atoms with van der Waals surface area (Å²) in [7, 11) is 0. The molecule has 4 rings (SSSR count). The summed E-state index contributed by atoms with van der Waals surface area (Å²) in [5, 5.41) is 15.8. The highest BCUT2D eigenvalue weighted by Crippen LogP contribution is 2.33. The number of nitrogens with zero attached hydrogens (tertiary/aromatic N) is 5. The van der Waals surface area contributed by atoms with Crippen molar-refractivity contribution >= 4 is 0 Å². The van der Waals surface area contributed by atoms with E-state index in [0.717, 1.165) is 29.2 Å². The van der Waals surface area contributed by atoms with Crippen LogP contribution in [0, 0.1) is 11.6 Å². The number of alkyl halides is 3. The van der Waals surface area contributed by atoms with Crippen LogP contribution in [-0.4, -0.2) is 49.1 Å². The van der Waals surface area contributed by atoms with Crippen LogP contribution >= 0.6 is 0 Å². The third kappa shape index (κ3) is 6.32. The summed E-state index contributed by atoms with van der Waals surface area (Å²) < 4.78 is 95.4. The molecule has 0 fully saturated rings. The van der Waals surface area contributed by atoms with Crippen molar-refractivity contribution in [2.45, 2.75) is 38.0 Å². The van der Waals surface area contributed by atoms with Crippen molar-refractivity contribution in [2.24, 2.45) is 0 Å². The molecule has 0 aliphatic heterocycles. The Morgan fingerprint density at radius 2 is 1.82 bits per heavy atom. The van der Waals surface area contributed by atoms with Crippen LogP contribution in [0.25, 0.3) is 11.1 Å². The molecular formula is C26H24F5N5O2. The van der Waals surface area contributed by atoms with Gasteiger partial charge in [-0.2, -0.15) is 5.10 Å². The number of aromatic nitrogens is 4. The molecule has 0 unspecified atom stereocenters. The molecule has 0 aliphatic carbocycles. The molecule has 0 saturated carbocycles. The fourth-order valence-electron chi connectivity index (χ4n) is 3.95. The van der Waals surface area contributed by atoms with Crippen molar-refractivity contribution in [1.29, 1.82) is 0 Å². The zero-order valence-corrected chi connectivity index (χ0v) is 19.9. The lowest BCUT2D eigenvalue weighted by Crippen LogP contribution is -2.50. The Hall–Kier alpha value is -3.90. The van der Waals surface area contributed by atoms with E-state index in [1.165, 1.54) is 48.7 Å². The van der Waals surface area contributed by atoms with Crippen LogP contribution < -0.4 is 4.74 Å². The lowest BCUT2D eigenvalue weighted by molar-refractivity contribution is -0.274. The average molecular weight is 537 g/mol. The number of hydrogen-bond acceptors (Lipinski definition) is 6. The molecule has 200 valence electrons. The van der Waals surface area contributed by atoms with Crippen molar-refractivity contribution in [2.75, 3.05) is 6.98 Å². The topological polar surface area (TPSA) is 76.3 Å². The number of ether oxygens (including phenoxy) is 1. The zero-order valence-electron chi connectivity index (χ0n) is 22.9. The van der Waals surface area contributed by atoms with E-state index in [9.17, 15) is 27.1 Å². The Balaban J connectivity index is 1.62. The summed E-state index contributed by atoms with van der Waals surface area (Å²) in [5.41, 5.74) is -1.20. The van der Waals surface area contributed by atoms with Gasteiger partial charge in [0.25, 0.3) is 0 Å². The van der Waals surface area contributed by atoms with E-state index in [-0.39, 0.29) is 23.6 Å². The van der Waals surface area contributed by atoms with E-state index < -0.39 is 43.2 Å². The summed E-state index contributed by atoms with van der Waals surface area (Å²) in [4.78, 5) is 9.06. The van der Waals surface area contributed by atoms with Crippen LogP contribution in [0.4, 0.5) is 22.0 Å². The smallest absolute Gasteiger partial charge is 0.406 e. The molecule has 0 radical (unpaired) electrons. The van der Waals surface area contributed by atoms with Crippen molar-refractivity contribution in [1.82, 2.24) is 24.6 Å². The number of hydrogen-bond donors (Lipinski definition) is 1. The monoisotopic (exact) mass is 536 g/mol. The molecule has 7 nitrogen and oxygen atoms in total. The predicted octanol–water partition coefficient (Wildman–Crippen LogP) is 4.93. The summed E-state index contributed by atoms with van der Waals surface area (Å²) >= 11 is 0. The van der Waals surface area contributed by atoms with Crippen molar-refractivity contribution < 1.29 is 35.9 Å². The number of rotatable bonds is 9. The van der Waals surface area contributed by atoms with Crippen LogP contribution in [0.3, 0.4) is 0 Å². The number of aliphatic hydroxyl groups is 1. The zero-order chi connectivity index (χ0) is 30.0. The normalized spacial score (nSPS) is 15.8. The van der Waals surface area contributed by atoms with Gasteiger partial charge in [-0.25, -0.2) is 18.4 Å². The van der Waals surface area contributed by atoms with E-state index in [1.807, 2.05) is 0 Å². The predicted molar refractivity (Wildman–Crippen MR) is 128 cm³/mol. The van der Waals surface area contributed by atoms with Crippen LogP contribution in [0.5, 0.6) is 5.75 Å². The van der Waals surface area contributed by atoms with Crippen molar-refractivity contribution in [3.63, 3.8) is 0 Å². The first-order valence-electron chi connectivity index (χ1n) is 12.7. The summed E-state index contributed by atoms with van der Waals surface area (Å²) in [5.74, 6) is -2.33. The lowest BCUT2D eigenvalue weighted by Gasteiger charge is -2.39. The molecule has 1 N–H and O–H groups in total. The number of pyridine rings is 1. The standard InChI is InChI=1S/C26H24F5N5O2/c1-17(25(37,14-36-16-32-15-34-36)23-10-6-20(27)11-24(23)28)35(2)13-21-7-3-19(12-33-21)18-4-8-22(9-5-18)38-26(29,30)31/h3-12,15-17,37H,13-14H2,1-2H3/t17-,25-/m1/s1/i2D3. The Kier molecular flexibility index (Phi) is 6.63. The maximum absolute atomic E-state index is 15.0. The minimum absolute atomic E-state index is 0.274. The number of halogens is 5. The number of benzene rings is 2. The first-order chi connectivity index (χ1) is 19.2. The molecule has 0 saturated heterocycles. The SMILES string of the molecule is [2H]C([2H])([2H])N(Cc1ccc(-c2ccc(OC(F)(F)F)cc2)cn1)[C@H](C)[C@](O)(Cn1cncn1)c1ccc(F)cc1F. The maximum atomic E-state index is 15.0. The molecule has 2 aromatic heterocycles. The van der Waals surface area contributed by atoms with Gasteiger partial charge in [-0.1, -0.05) is 24.3 Å². The molecule has 38 heavy (non-hydrogen) atoms. The van der Waals surface area contributed by atoms with E-state index in [0.29, 0.717) is 17.2 Å². The Morgan fingerprint density at radius 3 is 2.39 bits per heavy atom. The maximum Gasteiger partial charge on any atom is 0.573 e. The minimum Gasteiger partial charge on any atom is -0.406 e. The molecule has 0 aliphatic rings. The first-order valence-corrected chi connectivity index (χ1v) is 11.2. The van der Waals surface area contributed by atoms with Gasteiger partial charge >= 0.3 is 6.36 Å².